The summed E-state index contributed by atoms with van der Waals surface area (Å²) in [4.78, 5) is 32.7. The van der Waals surface area contributed by atoms with E-state index in [1.807, 2.05) is 17.7 Å². The third-order valence-electron chi connectivity index (χ3n) is 4.84. The van der Waals surface area contributed by atoms with E-state index in [2.05, 4.69) is 41.7 Å². The summed E-state index contributed by atoms with van der Waals surface area (Å²) in [5.41, 5.74) is 7.89. The number of fused-ring (bicyclic) bond motifs is 1. The third-order valence-corrected chi connectivity index (χ3v) is 4.84. The van der Waals surface area contributed by atoms with Gasteiger partial charge in [-0.1, -0.05) is 0 Å². The fourth-order valence-electron chi connectivity index (χ4n) is 3.26. The van der Waals surface area contributed by atoms with Crippen LogP contribution in [0.5, 0.6) is 0 Å². The number of nitrogens with zero attached hydrogens (tertiary/aromatic N) is 3. The van der Waals surface area contributed by atoms with Crippen LogP contribution in [0.4, 0.5) is 0 Å². The molecule has 1 saturated carbocycles. The van der Waals surface area contributed by atoms with E-state index < -0.39 is 5.91 Å². The number of aromatic amines is 1. The van der Waals surface area contributed by atoms with Crippen LogP contribution in [0.15, 0.2) is 24.4 Å². The van der Waals surface area contributed by atoms with Crippen LogP contribution in [0, 0.1) is 6.92 Å². The van der Waals surface area contributed by atoms with Crippen molar-refractivity contribution in [3.63, 3.8) is 0 Å². The topological polar surface area (TPSA) is 105 Å². The van der Waals surface area contributed by atoms with Gasteiger partial charge in [-0.3, -0.25) is 20.4 Å². The molecule has 3 aromatic rings. The van der Waals surface area contributed by atoms with Gasteiger partial charge < -0.3 is 4.98 Å². The largest absolute Gasteiger partial charge is 0.357 e. The molecule has 0 radical (unpaired) electrons. The lowest BCUT2D eigenvalue weighted by Gasteiger charge is -2.20. The van der Waals surface area contributed by atoms with Gasteiger partial charge in [0.25, 0.3) is 11.8 Å². The summed E-state index contributed by atoms with van der Waals surface area (Å²) in [6, 6.07) is 5.18. The maximum Gasteiger partial charge on any atom is 0.286 e. The monoisotopic (exact) mass is 380 g/mol. The van der Waals surface area contributed by atoms with Crippen molar-refractivity contribution in [2.75, 3.05) is 0 Å². The van der Waals surface area contributed by atoms with Gasteiger partial charge in [0.2, 0.25) is 0 Å². The first-order chi connectivity index (χ1) is 13.3. The lowest BCUT2D eigenvalue weighted by atomic mass is 10.1. The van der Waals surface area contributed by atoms with Crippen molar-refractivity contribution in [1.29, 1.82) is 0 Å². The van der Waals surface area contributed by atoms with Gasteiger partial charge in [0.15, 0.2) is 5.65 Å². The second-order valence-electron chi connectivity index (χ2n) is 8.23. The van der Waals surface area contributed by atoms with Crippen molar-refractivity contribution in [1.82, 2.24) is 30.6 Å². The minimum atomic E-state index is -0.409. The predicted octanol–water partition coefficient (Wildman–Crippen LogP) is 2.78. The van der Waals surface area contributed by atoms with Crippen molar-refractivity contribution >= 4 is 22.8 Å². The highest BCUT2D eigenvalue weighted by Gasteiger charge is 2.30. The molecule has 2 amide bonds. The predicted molar refractivity (Wildman–Crippen MR) is 105 cm³/mol. The second-order valence-corrected chi connectivity index (χ2v) is 8.23. The highest BCUT2D eigenvalue weighted by Crippen LogP contribution is 2.40. The average molecular weight is 380 g/mol. The van der Waals surface area contributed by atoms with Crippen molar-refractivity contribution in [3.8, 4) is 0 Å². The Morgan fingerprint density at radius 3 is 2.54 bits per heavy atom. The fraction of sp³-hybridized carbons (Fsp3) is 0.400. The van der Waals surface area contributed by atoms with E-state index in [0.29, 0.717) is 28.2 Å². The lowest BCUT2D eigenvalue weighted by molar-refractivity contribution is 0.0845. The Morgan fingerprint density at radius 1 is 1.21 bits per heavy atom. The molecule has 3 aromatic heterocycles. The van der Waals surface area contributed by atoms with Gasteiger partial charge in [-0.2, -0.15) is 5.10 Å². The zero-order valence-corrected chi connectivity index (χ0v) is 16.5. The fourth-order valence-corrected chi connectivity index (χ4v) is 3.26. The number of hydrogen-bond donors (Lipinski definition) is 3. The van der Waals surface area contributed by atoms with Gasteiger partial charge in [0.1, 0.15) is 5.69 Å². The van der Waals surface area contributed by atoms with Crippen molar-refractivity contribution in [2.45, 2.75) is 52.0 Å². The Kier molecular flexibility index (Phi) is 4.21. The van der Waals surface area contributed by atoms with Crippen LogP contribution in [0.2, 0.25) is 0 Å². The standard InChI is InChI=1S/C20H24N6O2/c1-11-16-13(18(27)23-24-19(28)14-6-5-9-21-14)10-15(12-7-8-12)22-17(16)26(25-11)20(2,3)4/h5-6,9-10,12,21H,7-8H2,1-4H3,(H,23,27)(H,24,28). The molecule has 0 unspecified atom stereocenters. The molecule has 0 aromatic carbocycles. The molecule has 0 saturated heterocycles. The number of hydrogen-bond acceptors (Lipinski definition) is 4. The minimum Gasteiger partial charge on any atom is -0.357 e. The van der Waals surface area contributed by atoms with Gasteiger partial charge in [0.05, 0.1) is 22.2 Å². The quantitative estimate of drug-likeness (QED) is 0.608. The molecule has 3 N–H and O–H groups in total. The summed E-state index contributed by atoms with van der Waals surface area (Å²) >= 11 is 0. The van der Waals surface area contributed by atoms with Crippen LogP contribution < -0.4 is 10.9 Å². The van der Waals surface area contributed by atoms with E-state index in [4.69, 9.17) is 4.98 Å². The number of hydrazine groups is 1. The Morgan fingerprint density at radius 2 is 1.93 bits per heavy atom. The van der Waals surface area contributed by atoms with Crippen LogP contribution >= 0.6 is 0 Å². The minimum absolute atomic E-state index is 0.267. The van der Waals surface area contributed by atoms with Crippen molar-refractivity contribution in [3.05, 3.63) is 47.0 Å². The van der Waals surface area contributed by atoms with Crippen molar-refractivity contribution < 1.29 is 9.59 Å². The van der Waals surface area contributed by atoms with E-state index in [1.54, 1.807) is 18.3 Å². The molecule has 8 nitrogen and oxygen atoms in total. The van der Waals surface area contributed by atoms with Crippen LogP contribution in [0.1, 0.15) is 71.8 Å². The van der Waals surface area contributed by atoms with Crippen molar-refractivity contribution in [2.24, 2.45) is 0 Å². The van der Waals surface area contributed by atoms with E-state index >= 15 is 0 Å². The Labute approximate surface area is 162 Å². The van der Waals surface area contributed by atoms with Gasteiger partial charge in [0, 0.05) is 17.8 Å². The number of rotatable bonds is 3. The number of carbonyl (C=O) groups excluding carboxylic acids is 2. The molecule has 28 heavy (non-hydrogen) atoms. The van der Waals surface area contributed by atoms with E-state index in [0.717, 1.165) is 24.2 Å². The molecule has 8 heteroatoms. The molecular formula is C20H24N6O2. The summed E-state index contributed by atoms with van der Waals surface area (Å²) in [6.45, 7) is 8.04. The number of carbonyl (C=O) groups is 2. The molecule has 0 bridgehead atoms. The summed E-state index contributed by atoms with van der Waals surface area (Å²) in [5.74, 6) is -0.410. The molecule has 0 atom stereocenters. The summed E-state index contributed by atoms with van der Waals surface area (Å²) in [6.07, 6.45) is 3.80. The molecule has 146 valence electrons. The molecular weight excluding hydrogens is 356 g/mol. The third kappa shape index (κ3) is 3.26. The average Bonchev–Trinajstić information content (AvgIpc) is 3.23. The molecule has 4 rings (SSSR count). The van der Waals surface area contributed by atoms with E-state index in [1.165, 1.54) is 0 Å². The maximum absolute atomic E-state index is 12.9. The zero-order valence-electron chi connectivity index (χ0n) is 16.5. The Balaban J connectivity index is 1.72. The molecule has 3 heterocycles. The first-order valence-corrected chi connectivity index (χ1v) is 9.40. The summed E-state index contributed by atoms with van der Waals surface area (Å²) in [7, 11) is 0. The number of aryl methyl sites for hydroxylation is 1. The smallest absolute Gasteiger partial charge is 0.286 e. The second kappa shape index (κ2) is 6.47. The van der Waals surface area contributed by atoms with Gasteiger partial charge in [-0.15, -0.1) is 0 Å². The van der Waals surface area contributed by atoms with Gasteiger partial charge >= 0.3 is 0 Å². The van der Waals surface area contributed by atoms with E-state index in [9.17, 15) is 9.59 Å². The lowest BCUT2D eigenvalue weighted by Crippen LogP contribution is -2.41. The normalized spacial score (nSPS) is 14.3. The Bertz CT molecular complexity index is 1050. The van der Waals surface area contributed by atoms with E-state index in [-0.39, 0.29) is 11.4 Å². The maximum atomic E-state index is 12.9. The number of nitrogens with one attached hydrogen (secondary N) is 3. The number of amides is 2. The highest BCUT2D eigenvalue weighted by molar-refractivity contribution is 6.07. The molecule has 1 aliphatic rings. The van der Waals surface area contributed by atoms with Gasteiger partial charge in [-0.25, -0.2) is 9.67 Å². The number of H-pyrrole nitrogens is 1. The molecule has 1 fully saturated rings. The zero-order chi connectivity index (χ0) is 20.1. The first kappa shape index (κ1) is 18.2. The molecule has 0 aliphatic heterocycles. The first-order valence-electron chi connectivity index (χ1n) is 9.40. The number of aromatic nitrogens is 4. The van der Waals surface area contributed by atoms with Crippen LogP contribution in [0.25, 0.3) is 11.0 Å². The van der Waals surface area contributed by atoms with Crippen LogP contribution in [-0.4, -0.2) is 31.6 Å². The van der Waals surface area contributed by atoms with Gasteiger partial charge in [-0.05, 0) is 58.7 Å². The molecule has 0 spiro atoms. The summed E-state index contributed by atoms with van der Waals surface area (Å²) in [5, 5.41) is 5.36. The Hall–Kier alpha value is -3.16. The number of pyridine rings is 1. The SMILES string of the molecule is Cc1nn(C(C)(C)C)c2nc(C3CC3)cc(C(=O)NNC(=O)c3ccc[nH]3)c12. The van der Waals surface area contributed by atoms with Crippen LogP contribution in [-0.2, 0) is 5.54 Å². The highest BCUT2D eigenvalue weighted by atomic mass is 16.2. The van der Waals surface area contributed by atoms with Crippen LogP contribution in [0.3, 0.4) is 0 Å². The molecule has 1 aliphatic carbocycles. The summed E-state index contributed by atoms with van der Waals surface area (Å²) < 4.78 is 1.87.